The van der Waals surface area contributed by atoms with Crippen molar-refractivity contribution in [3.8, 4) is 0 Å². The van der Waals surface area contributed by atoms with Gasteiger partial charge in [0.05, 0.1) is 16.9 Å². The lowest BCUT2D eigenvalue weighted by molar-refractivity contribution is -0.137. The van der Waals surface area contributed by atoms with Crippen LogP contribution in [0.15, 0.2) is 42.5 Å². The third-order valence-corrected chi connectivity index (χ3v) is 3.82. The molecule has 5 heteroatoms. The number of para-hydroxylation sites is 1. The summed E-state index contributed by atoms with van der Waals surface area (Å²) in [5.74, 6) is 0. The summed E-state index contributed by atoms with van der Waals surface area (Å²) >= 11 is 0. The number of benzene rings is 2. The maximum Gasteiger partial charge on any atom is 0.416 e. The van der Waals surface area contributed by atoms with E-state index < -0.39 is 11.7 Å². The summed E-state index contributed by atoms with van der Waals surface area (Å²) in [4.78, 5) is 2.00. The summed E-state index contributed by atoms with van der Waals surface area (Å²) in [6, 6.07) is 11.6. The van der Waals surface area contributed by atoms with E-state index in [0.29, 0.717) is 5.69 Å². The number of nitrogens with zero attached hydrogens (tertiary/aromatic N) is 1. The van der Waals surface area contributed by atoms with Gasteiger partial charge in [0.15, 0.2) is 0 Å². The summed E-state index contributed by atoms with van der Waals surface area (Å²) in [6.45, 7) is 2.04. The van der Waals surface area contributed by atoms with Gasteiger partial charge in [0.2, 0.25) is 0 Å². The first-order chi connectivity index (χ1) is 9.88. The van der Waals surface area contributed by atoms with Crippen molar-refractivity contribution in [1.29, 1.82) is 0 Å². The van der Waals surface area contributed by atoms with E-state index in [0.717, 1.165) is 24.2 Å². The molecule has 0 aliphatic carbocycles. The first kappa shape index (κ1) is 13.8. The molecule has 3 rings (SSSR count). The lowest BCUT2D eigenvalue weighted by Gasteiger charge is -2.27. The molecule has 0 aromatic heterocycles. The molecule has 0 spiro atoms. The van der Waals surface area contributed by atoms with Gasteiger partial charge in [0.25, 0.3) is 0 Å². The second kappa shape index (κ2) is 4.69. The highest BCUT2D eigenvalue weighted by atomic mass is 19.4. The fourth-order valence-electron chi connectivity index (χ4n) is 2.88. The Morgan fingerprint density at radius 2 is 1.81 bits per heavy atom. The second-order valence-corrected chi connectivity index (χ2v) is 5.32. The molecule has 0 amide bonds. The monoisotopic (exact) mass is 292 g/mol. The Morgan fingerprint density at radius 3 is 2.48 bits per heavy atom. The standard InChI is InChI=1S/C16H15F3N2/c1-10-8-11-4-2-3-5-14(11)21(10)15-7-6-12(9-13(15)20)16(17,18)19/h2-7,9-10H,8,20H2,1H3. The molecule has 1 aliphatic rings. The Labute approximate surface area is 121 Å². The van der Waals surface area contributed by atoms with Crippen LogP contribution in [-0.2, 0) is 12.6 Å². The SMILES string of the molecule is CC1Cc2ccccc2N1c1ccc(C(F)(F)F)cc1N. The summed E-state index contributed by atoms with van der Waals surface area (Å²) in [6.07, 6.45) is -3.52. The Bertz CT molecular complexity index is 679. The number of halogens is 3. The molecule has 2 aromatic carbocycles. The molecule has 0 fully saturated rings. The minimum absolute atomic E-state index is 0.147. The van der Waals surface area contributed by atoms with Gasteiger partial charge in [-0.1, -0.05) is 18.2 Å². The van der Waals surface area contributed by atoms with Crippen LogP contribution in [0.1, 0.15) is 18.1 Å². The fourth-order valence-corrected chi connectivity index (χ4v) is 2.88. The molecule has 1 aliphatic heterocycles. The first-order valence-electron chi connectivity index (χ1n) is 6.72. The van der Waals surface area contributed by atoms with Crippen LogP contribution in [0.2, 0.25) is 0 Å². The Hall–Kier alpha value is -2.17. The van der Waals surface area contributed by atoms with Crippen molar-refractivity contribution in [1.82, 2.24) is 0 Å². The van der Waals surface area contributed by atoms with Crippen molar-refractivity contribution in [2.24, 2.45) is 0 Å². The Balaban J connectivity index is 2.06. The smallest absolute Gasteiger partial charge is 0.397 e. The Morgan fingerprint density at radius 1 is 1.10 bits per heavy atom. The van der Waals surface area contributed by atoms with E-state index in [1.54, 1.807) is 0 Å². The van der Waals surface area contributed by atoms with Crippen molar-refractivity contribution < 1.29 is 13.2 Å². The average molecular weight is 292 g/mol. The molecule has 1 heterocycles. The molecule has 1 atom stereocenters. The predicted molar refractivity (Wildman–Crippen MR) is 77.6 cm³/mol. The molecular formula is C16H15F3N2. The largest absolute Gasteiger partial charge is 0.416 e. The summed E-state index contributed by atoms with van der Waals surface area (Å²) in [7, 11) is 0. The van der Waals surface area contributed by atoms with E-state index in [2.05, 4.69) is 0 Å². The highest BCUT2D eigenvalue weighted by molar-refractivity contribution is 5.79. The van der Waals surface area contributed by atoms with Crippen molar-refractivity contribution >= 4 is 17.1 Å². The van der Waals surface area contributed by atoms with E-state index in [1.165, 1.54) is 11.6 Å². The number of anilines is 3. The van der Waals surface area contributed by atoms with E-state index in [-0.39, 0.29) is 11.7 Å². The number of hydrogen-bond acceptors (Lipinski definition) is 2. The first-order valence-corrected chi connectivity index (χ1v) is 6.72. The van der Waals surface area contributed by atoms with Crippen LogP contribution in [0.4, 0.5) is 30.2 Å². The summed E-state index contributed by atoms with van der Waals surface area (Å²) < 4.78 is 38.2. The topological polar surface area (TPSA) is 29.3 Å². The van der Waals surface area contributed by atoms with Gasteiger partial charge in [0, 0.05) is 11.7 Å². The lowest BCUT2D eigenvalue weighted by atomic mass is 10.1. The molecule has 0 bridgehead atoms. The number of alkyl halides is 3. The van der Waals surface area contributed by atoms with Gasteiger partial charge in [-0.05, 0) is 43.2 Å². The highest BCUT2D eigenvalue weighted by Gasteiger charge is 2.33. The maximum absolute atomic E-state index is 12.7. The van der Waals surface area contributed by atoms with Gasteiger partial charge < -0.3 is 10.6 Å². The molecule has 0 saturated carbocycles. The minimum atomic E-state index is -4.37. The van der Waals surface area contributed by atoms with Crippen molar-refractivity contribution in [2.75, 3.05) is 10.6 Å². The fraction of sp³-hybridized carbons (Fsp3) is 0.250. The second-order valence-electron chi connectivity index (χ2n) is 5.32. The number of nitrogen functional groups attached to an aromatic ring is 1. The molecule has 110 valence electrons. The molecule has 2 aromatic rings. The van der Waals surface area contributed by atoms with Crippen LogP contribution in [-0.4, -0.2) is 6.04 Å². The van der Waals surface area contributed by atoms with Crippen molar-refractivity contribution in [2.45, 2.75) is 25.6 Å². The van der Waals surface area contributed by atoms with E-state index >= 15 is 0 Å². The molecule has 21 heavy (non-hydrogen) atoms. The average Bonchev–Trinajstić information content (AvgIpc) is 2.74. The van der Waals surface area contributed by atoms with Crippen molar-refractivity contribution in [3.05, 3.63) is 53.6 Å². The predicted octanol–water partition coefficient (Wildman–Crippen LogP) is 4.37. The number of nitrogens with two attached hydrogens (primary N) is 1. The summed E-state index contributed by atoms with van der Waals surface area (Å²) in [5, 5.41) is 0. The van der Waals surface area contributed by atoms with Crippen LogP contribution in [0, 0.1) is 0 Å². The zero-order valence-corrected chi connectivity index (χ0v) is 11.5. The molecule has 0 radical (unpaired) electrons. The summed E-state index contributed by atoms with van der Waals surface area (Å²) in [5.41, 5.74) is 8.12. The van der Waals surface area contributed by atoms with Gasteiger partial charge >= 0.3 is 6.18 Å². The third kappa shape index (κ3) is 2.33. The van der Waals surface area contributed by atoms with Crippen LogP contribution in [0.25, 0.3) is 0 Å². The normalized spacial score (nSPS) is 17.9. The number of rotatable bonds is 1. The molecule has 1 unspecified atom stereocenters. The quantitative estimate of drug-likeness (QED) is 0.791. The van der Waals surface area contributed by atoms with E-state index in [1.807, 2.05) is 36.1 Å². The van der Waals surface area contributed by atoms with Gasteiger partial charge in [0.1, 0.15) is 0 Å². The molecule has 0 saturated heterocycles. The molecule has 2 N–H and O–H groups in total. The maximum atomic E-state index is 12.7. The van der Waals surface area contributed by atoms with Crippen LogP contribution in [0.5, 0.6) is 0 Å². The van der Waals surface area contributed by atoms with E-state index in [4.69, 9.17) is 5.73 Å². The third-order valence-electron chi connectivity index (χ3n) is 3.82. The van der Waals surface area contributed by atoms with Crippen LogP contribution < -0.4 is 10.6 Å². The van der Waals surface area contributed by atoms with Gasteiger partial charge in [-0.2, -0.15) is 13.2 Å². The van der Waals surface area contributed by atoms with Crippen LogP contribution in [0.3, 0.4) is 0 Å². The Kier molecular flexibility index (Phi) is 3.08. The minimum Gasteiger partial charge on any atom is -0.397 e. The van der Waals surface area contributed by atoms with Gasteiger partial charge in [-0.25, -0.2) is 0 Å². The van der Waals surface area contributed by atoms with Crippen molar-refractivity contribution in [3.63, 3.8) is 0 Å². The van der Waals surface area contributed by atoms with Crippen LogP contribution >= 0.6 is 0 Å². The zero-order chi connectivity index (χ0) is 15.2. The van der Waals surface area contributed by atoms with E-state index in [9.17, 15) is 13.2 Å². The zero-order valence-electron chi connectivity index (χ0n) is 11.5. The number of hydrogen-bond donors (Lipinski definition) is 1. The number of fused-ring (bicyclic) bond motifs is 1. The molecule has 2 nitrogen and oxygen atoms in total. The lowest BCUT2D eigenvalue weighted by Crippen LogP contribution is -2.25. The highest BCUT2D eigenvalue weighted by Crippen LogP contribution is 2.42. The van der Waals surface area contributed by atoms with Gasteiger partial charge in [-0.15, -0.1) is 0 Å². The molecular weight excluding hydrogens is 277 g/mol. The van der Waals surface area contributed by atoms with Gasteiger partial charge in [-0.3, -0.25) is 0 Å².